The van der Waals surface area contributed by atoms with Crippen molar-refractivity contribution in [2.75, 3.05) is 13.2 Å². The van der Waals surface area contributed by atoms with Crippen LogP contribution in [0.5, 0.6) is 0 Å². The minimum atomic E-state index is -3.80. The Hall–Kier alpha value is -1.76. The molecular formula is C19H21FN8O7P2S3. The second-order valence-corrected chi connectivity index (χ2v) is 16.9. The van der Waals surface area contributed by atoms with Gasteiger partial charge >= 0.3 is 6.72 Å². The van der Waals surface area contributed by atoms with Gasteiger partial charge in [0.2, 0.25) is 5.69 Å². The van der Waals surface area contributed by atoms with Gasteiger partial charge in [-0.1, -0.05) is 12.2 Å². The maximum Gasteiger partial charge on any atom is 0.324 e. The molecule has 0 radical (unpaired) electrons. The highest BCUT2D eigenvalue weighted by Crippen LogP contribution is 2.58. The third kappa shape index (κ3) is 5.53. The zero-order valence-electron chi connectivity index (χ0n) is 20.4. The van der Waals surface area contributed by atoms with E-state index in [-0.39, 0.29) is 30.9 Å². The summed E-state index contributed by atoms with van der Waals surface area (Å²) in [5.74, 6) is 0.704. The molecule has 2 N–H and O–H groups in total. The van der Waals surface area contributed by atoms with E-state index in [0.717, 1.165) is 0 Å². The van der Waals surface area contributed by atoms with Gasteiger partial charge in [-0.25, -0.2) is 29.3 Å². The molecule has 21 heteroatoms. The average molecular weight is 651 g/mol. The van der Waals surface area contributed by atoms with Gasteiger partial charge in [0.1, 0.15) is 42.3 Å². The Morgan fingerprint density at radius 3 is 2.88 bits per heavy atom. The fourth-order valence-electron chi connectivity index (χ4n) is 4.43. The van der Waals surface area contributed by atoms with Crippen molar-refractivity contribution in [2.24, 2.45) is 0 Å². The van der Waals surface area contributed by atoms with Gasteiger partial charge in [-0.05, 0) is 30.5 Å². The highest BCUT2D eigenvalue weighted by Gasteiger charge is 2.50. The summed E-state index contributed by atoms with van der Waals surface area (Å²) in [6, 6.07) is 0. The van der Waals surface area contributed by atoms with Crippen LogP contribution in [0.25, 0.3) is 22.3 Å². The number of aryl methyl sites for hydroxylation is 1. The molecule has 4 aromatic heterocycles. The normalized spacial score (nSPS) is 32.1. The lowest BCUT2D eigenvalue weighted by molar-refractivity contribution is -0.0441. The first-order valence-electron chi connectivity index (χ1n) is 11.7. The highest BCUT2D eigenvalue weighted by molar-refractivity contribution is 8.60. The van der Waals surface area contributed by atoms with Gasteiger partial charge in [0.25, 0.3) is 5.56 Å². The van der Waals surface area contributed by atoms with Crippen molar-refractivity contribution in [3.05, 3.63) is 40.9 Å². The number of hydrogen-bond acceptors (Lipinski definition) is 13. The van der Waals surface area contributed by atoms with Crippen LogP contribution in [-0.2, 0) is 59.6 Å². The molecular weight excluding hydrogens is 629 g/mol. The molecule has 0 saturated carbocycles. The molecule has 0 aliphatic carbocycles. The number of H-pyrrole nitrogens is 1. The minimum Gasteiger partial charge on any atom is -0.346 e. The number of nitrogens with one attached hydrogen (secondary N) is 1. The molecule has 40 heavy (non-hydrogen) atoms. The minimum absolute atomic E-state index is 0.0213. The lowest BCUT2D eigenvalue weighted by Crippen LogP contribution is -2.32. The quantitative estimate of drug-likeness (QED) is 0.201. The molecule has 214 valence electrons. The van der Waals surface area contributed by atoms with Crippen molar-refractivity contribution in [1.82, 2.24) is 39.0 Å². The van der Waals surface area contributed by atoms with E-state index >= 15 is 4.39 Å². The van der Waals surface area contributed by atoms with E-state index < -0.39 is 49.2 Å². The smallest absolute Gasteiger partial charge is 0.324 e. The topological polar surface area (TPSA) is 174 Å². The Bertz CT molecular complexity index is 1750. The van der Waals surface area contributed by atoms with Crippen molar-refractivity contribution in [3.63, 3.8) is 0 Å². The standard InChI is InChI=1S/C19H21FN8O7P2S3/c1-9-24-17-14(18(29)25-9)23-8-28(17)19-15-13(20)11(34-19)5-32-36(30,38)31-3-2-27-12(6-33-37(39,40)35-15)26-10-4-21-7-22-16(10)27/h4,7-8,11,13,15,19H,2-3,5-6H2,1H3,(H,30,38)(H,39,40)(H,24,25,29)/t11-,13-,15-,19-,36?/m1/s1. The van der Waals surface area contributed by atoms with E-state index in [4.69, 9.17) is 46.4 Å². The number of alkyl halides is 1. The number of aromatic amines is 1. The molecule has 4 aromatic rings. The summed E-state index contributed by atoms with van der Waals surface area (Å²) in [6.07, 6.45) is -1.52. The lowest BCUT2D eigenvalue weighted by atomic mass is 10.1. The number of rotatable bonds is 1. The average Bonchev–Trinajstić information content (AvgIpc) is 3.55. The van der Waals surface area contributed by atoms with Crippen LogP contribution < -0.4 is 5.56 Å². The van der Waals surface area contributed by atoms with Gasteiger partial charge in [0.05, 0.1) is 25.7 Å². The summed E-state index contributed by atoms with van der Waals surface area (Å²) in [4.78, 5) is 46.7. The van der Waals surface area contributed by atoms with Crippen LogP contribution in [-0.4, -0.2) is 75.5 Å². The Morgan fingerprint density at radius 2 is 2.05 bits per heavy atom. The van der Waals surface area contributed by atoms with Crippen molar-refractivity contribution >= 4 is 70.6 Å². The number of fused-ring (bicyclic) bond motifs is 6. The molecule has 6 heterocycles. The maximum absolute atomic E-state index is 15.9. The van der Waals surface area contributed by atoms with Gasteiger partial charge in [0.15, 0.2) is 29.2 Å². The zero-order chi connectivity index (χ0) is 28.2. The first kappa shape index (κ1) is 28.4. The molecule has 6 rings (SSSR count). The van der Waals surface area contributed by atoms with Crippen molar-refractivity contribution in [1.29, 1.82) is 0 Å². The number of imidazole rings is 2. The highest BCUT2D eigenvalue weighted by atomic mass is 32.9. The van der Waals surface area contributed by atoms with Gasteiger partial charge in [-0.3, -0.25) is 9.36 Å². The number of nitrogens with zero attached hydrogens (tertiary/aromatic N) is 7. The Kier molecular flexibility index (Phi) is 7.67. The summed E-state index contributed by atoms with van der Waals surface area (Å²) in [5, 5.41) is 0. The van der Waals surface area contributed by atoms with Crippen LogP contribution in [0.15, 0.2) is 23.6 Å². The predicted molar refractivity (Wildman–Crippen MR) is 148 cm³/mol. The zero-order valence-corrected chi connectivity index (χ0v) is 24.7. The molecule has 0 aromatic carbocycles. The van der Waals surface area contributed by atoms with Gasteiger partial charge in [-0.15, -0.1) is 0 Å². The molecule has 2 bridgehead atoms. The molecule has 2 aliphatic rings. The largest absolute Gasteiger partial charge is 0.346 e. The molecule has 2 aliphatic heterocycles. The third-order valence-electron chi connectivity index (χ3n) is 6.16. The van der Waals surface area contributed by atoms with Crippen molar-refractivity contribution in [3.8, 4) is 0 Å². The Morgan fingerprint density at radius 1 is 1.23 bits per heavy atom. The van der Waals surface area contributed by atoms with Gasteiger partial charge in [0, 0.05) is 6.54 Å². The summed E-state index contributed by atoms with van der Waals surface area (Å²) in [7, 11) is 0. The SMILES string of the molecule is Cc1nc2c(ncn2[C@@H]2O[C@@H]3COP(O)(=S)OCCn4c(nc5cncnc54)COP(=S)(S)O[C@@H]2[C@@H]3F)c(=O)[nH]1. The second kappa shape index (κ2) is 10.8. The molecule has 6 atom stereocenters. The summed E-state index contributed by atoms with van der Waals surface area (Å²) >= 11 is 15.1. The third-order valence-corrected chi connectivity index (χ3v) is 9.95. The van der Waals surface area contributed by atoms with E-state index in [1.807, 2.05) is 0 Å². The number of ether oxygens (including phenoxy) is 1. The number of thiol groups is 1. The molecule has 15 nitrogen and oxygen atoms in total. The van der Waals surface area contributed by atoms with Crippen LogP contribution in [0.2, 0.25) is 0 Å². The summed E-state index contributed by atoms with van der Waals surface area (Å²) < 4.78 is 47.7. The fourth-order valence-corrected chi connectivity index (χ4v) is 7.39. The van der Waals surface area contributed by atoms with Crippen molar-refractivity contribution in [2.45, 2.75) is 44.7 Å². The van der Waals surface area contributed by atoms with E-state index in [0.29, 0.717) is 22.8 Å². The Labute approximate surface area is 240 Å². The molecule has 0 spiro atoms. The van der Waals surface area contributed by atoms with Crippen LogP contribution in [0.4, 0.5) is 4.39 Å². The monoisotopic (exact) mass is 650 g/mol. The number of halogens is 1. The maximum atomic E-state index is 15.9. The summed E-state index contributed by atoms with van der Waals surface area (Å²) in [6.45, 7) is -2.73. The number of aromatic nitrogens is 8. The van der Waals surface area contributed by atoms with Crippen LogP contribution in [0, 0.1) is 6.92 Å². The molecule has 1 saturated heterocycles. The van der Waals surface area contributed by atoms with Gasteiger partial charge in [-0.2, -0.15) is 0 Å². The second-order valence-electron chi connectivity index (χ2n) is 8.81. The first-order chi connectivity index (χ1) is 19.0. The van der Waals surface area contributed by atoms with Gasteiger partial charge < -0.3 is 37.3 Å². The van der Waals surface area contributed by atoms with E-state index in [1.165, 1.54) is 23.4 Å². The lowest BCUT2D eigenvalue weighted by Gasteiger charge is -2.26. The van der Waals surface area contributed by atoms with Crippen molar-refractivity contribution < 1.29 is 32.1 Å². The van der Waals surface area contributed by atoms with E-state index in [2.05, 4.69) is 42.2 Å². The summed E-state index contributed by atoms with van der Waals surface area (Å²) in [5.41, 5.74) is -2.78. The number of hydrogen-bond donors (Lipinski definition) is 3. The molecule has 0 amide bonds. The van der Waals surface area contributed by atoms with Crippen LogP contribution in [0.3, 0.4) is 0 Å². The van der Waals surface area contributed by atoms with Crippen LogP contribution in [0.1, 0.15) is 17.9 Å². The predicted octanol–water partition coefficient (Wildman–Crippen LogP) is 1.82. The molecule has 2 unspecified atom stereocenters. The van der Waals surface area contributed by atoms with E-state index in [1.54, 1.807) is 11.5 Å². The Balaban J connectivity index is 1.38. The first-order valence-corrected chi connectivity index (χ1v) is 18.1. The van der Waals surface area contributed by atoms with Crippen LogP contribution >= 0.6 is 24.7 Å². The van der Waals surface area contributed by atoms with E-state index in [9.17, 15) is 9.69 Å². The fraction of sp³-hybridized carbons (Fsp3) is 0.474. The molecule has 1 fully saturated rings.